The van der Waals surface area contributed by atoms with Gasteiger partial charge in [0.1, 0.15) is 0 Å². The van der Waals surface area contributed by atoms with E-state index in [0.29, 0.717) is 21.8 Å². The van der Waals surface area contributed by atoms with Gasteiger partial charge in [-0.15, -0.1) is 0 Å². The number of hydrogen-bond acceptors (Lipinski definition) is 4. The predicted octanol–water partition coefficient (Wildman–Crippen LogP) is 2.54. The summed E-state index contributed by atoms with van der Waals surface area (Å²) in [6.07, 6.45) is 1.43. The van der Waals surface area contributed by atoms with Crippen molar-refractivity contribution in [2.24, 2.45) is 5.14 Å². The summed E-state index contributed by atoms with van der Waals surface area (Å²) in [5.74, 6) is -1.17. The van der Waals surface area contributed by atoms with E-state index < -0.39 is 16.0 Å². The van der Waals surface area contributed by atoms with Gasteiger partial charge in [-0.25, -0.2) is 23.0 Å². The van der Waals surface area contributed by atoms with Crippen molar-refractivity contribution in [1.29, 1.82) is 0 Å². The number of aromatic nitrogens is 2. The fraction of sp³-hybridized carbons (Fsp3) is 0. The normalized spacial score (nSPS) is 11.4. The van der Waals surface area contributed by atoms with Gasteiger partial charge >= 0.3 is 5.97 Å². The molecule has 3 rings (SSSR count). The van der Waals surface area contributed by atoms with Crippen molar-refractivity contribution < 1.29 is 18.3 Å². The molecule has 128 valence electrons. The lowest BCUT2D eigenvalue weighted by molar-refractivity contribution is 0.0688. The monoisotopic (exact) mass is 377 g/mol. The molecule has 0 atom stereocenters. The number of rotatable bonds is 4. The van der Waals surface area contributed by atoms with E-state index in [-0.39, 0.29) is 10.6 Å². The van der Waals surface area contributed by atoms with E-state index in [1.807, 2.05) is 0 Å². The highest BCUT2D eigenvalue weighted by Gasteiger charge is 2.20. The molecule has 0 unspecified atom stereocenters. The summed E-state index contributed by atoms with van der Waals surface area (Å²) in [4.78, 5) is 11.7. The van der Waals surface area contributed by atoms with Crippen LogP contribution in [0.2, 0.25) is 5.02 Å². The van der Waals surface area contributed by atoms with Crippen LogP contribution in [-0.2, 0) is 10.0 Å². The van der Waals surface area contributed by atoms with Crippen LogP contribution in [0, 0.1) is 0 Å². The Morgan fingerprint density at radius 2 is 1.68 bits per heavy atom. The topological polar surface area (TPSA) is 115 Å². The molecule has 1 aromatic heterocycles. The molecule has 7 nitrogen and oxygen atoms in total. The lowest BCUT2D eigenvalue weighted by atomic mass is 10.1. The van der Waals surface area contributed by atoms with Gasteiger partial charge in [0, 0.05) is 10.6 Å². The van der Waals surface area contributed by atoms with Gasteiger partial charge in [0.05, 0.1) is 16.8 Å². The van der Waals surface area contributed by atoms with Gasteiger partial charge in [0.15, 0.2) is 5.69 Å². The molecule has 0 saturated heterocycles. The van der Waals surface area contributed by atoms with E-state index in [2.05, 4.69) is 5.10 Å². The molecule has 0 bridgehead atoms. The molecule has 0 aliphatic carbocycles. The number of nitrogens with two attached hydrogens (primary N) is 1. The van der Waals surface area contributed by atoms with Crippen LogP contribution >= 0.6 is 11.6 Å². The molecule has 0 radical (unpaired) electrons. The molecule has 9 heteroatoms. The number of primary sulfonamides is 1. The first-order valence-electron chi connectivity index (χ1n) is 6.98. The fourth-order valence-electron chi connectivity index (χ4n) is 2.37. The molecule has 0 aliphatic heterocycles. The second-order valence-electron chi connectivity index (χ2n) is 5.17. The number of halogens is 1. The van der Waals surface area contributed by atoms with Crippen molar-refractivity contribution in [2.45, 2.75) is 4.90 Å². The Morgan fingerprint density at radius 1 is 1.08 bits per heavy atom. The molecule has 3 N–H and O–H groups in total. The van der Waals surface area contributed by atoms with Crippen LogP contribution in [0.25, 0.3) is 16.8 Å². The third-order valence-electron chi connectivity index (χ3n) is 3.54. The lowest BCUT2D eigenvalue weighted by Gasteiger charge is -2.07. The van der Waals surface area contributed by atoms with E-state index in [0.717, 1.165) is 0 Å². The lowest BCUT2D eigenvalue weighted by Crippen LogP contribution is -2.13. The van der Waals surface area contributed by atoms with Crippen LogP contribution in [0.5, 0.6) is 0 Å². The Bertz CT molecular complexity index is 1040. The van der Waals surface area contributed by atoms with Crippen molar-refractivity contribution in [3.8, 4) is 16.8 Å². The van der Waals surface area contributed by atoms with Gasteiger partial charge in [-0.3, -0.25) is 0 Å². The number of hydrogen-bond donors (Lipinski definition) is 2. The zero-order valence-corrected chi connectivity index (χ0v) is 14.2. The summed E-state index contributed by atoms with van der Waals surface area (Å²) >= 11 is 5.86. The van der Waals surface area contributed by atoms with Crippen molar-refractivity contribution in [3.63, 3.8) is 0 Å². The van der Waals surface area contributed by atoms with Gasteiger partial charge < -0.3 is 5.11 Å². The number of aromatic carboxylic acids is 1. The Hall–Kier alpha value is -2.68. The molecule has 0 amide bonds. The van der Waals surface area contributed by atoms with Gasteiger partial charge in [0.2, 0.25) is 10.0 Å². The Kier molecular flexibility index (Phi) is 4.34. The SMILES string of the molecule is NS(=O)(=O)c1ccc(-n2ncc(-c3ccc(Cl)cc3)c2C(=O)O)cc1. The van der Waals surface area contributed by atoms with E-state index in [9.17, 15) is 18.3 Å². The van der Waals surface area contributed by atoms with Crippen LogP contribution in [0.15, 0.2) is 59.6 Å². The van der Waals surface area contributed by atoms with Crippen molar-refractivity contribution in [3.05, 3.63) is 65.4 Å². The minimum atomic E-state index is -3.83. The average molecular weight is 378 g/mol. The van der Waals surface area contributed by atoms with Gasteiger partial charge in [0.25, 0.3) is 0 Å². The first kappa shape index (κ1) is 17.2. The van der Waals surface area contributed by atoms with E-state index >= 15 is 0 Å². The molecular weight excluding hydrogens is 366 g/mol. The smallest absolute Gasteiger partial charge is 0.355 e. The molecule has 0 spiro atoms. The minimum Gasteiger partial charge on any atom is -0.476 e. The largest absolute Gasteiger partial charge is 0.476 e. The van der Waals surface area contributed by atoms with Crippen LogP contribution in [0.1, 0.15) is 10.5 Å². The first-order chi connectivity index (χ1) is 11.8. The first-order valence-corrected chi connectivity index (χ1v) is 8.90. The van der Waals surface area contributed by atoms with Crippen LogP contribution in [0.3, 0.4) is 0 Å². The molecule has 2 aromatic carbocycles. The van der Waals surface area contributed by atoms with Crippen molar-refractivity contribution >= 4 is 27.6 Å². The van der Waals surface area contributed by atoms with Crippen molar-refractivity contribution in [1.82, 2.24) is 9.78 Å². The molecule has 1 heterocycles. The van der Waals surface area contributed by atoms with Crippen LogP contribution < -0.4 is 5.14 Å². The Labute approximate surface area is 148 Å². The number of sulfonamides is 1. The second-order valence-corrected chi connectivity index (χ2v) is 7.17. The molecular formula is C16H12ClN3O4S. The van der Waals surface area contributed by atoms with Gasteiger partial charge in [-0.1, -0.05) is 23.7 Å². The fourth-order valence-corrected chi connectivity index (χ4v) is 3.01. The number of carboxylic acid groups (broad SMARTS) is 1. The molecule has 25 heavy (non-hydrogen) atoms. The molecule has 3 aromatic rings. The summed E-state index contributed by atoms with van der Waals surface area (Å²) in [5.41, 5.74) is 1.41. The Morgan fingerprint density at radius 3 is 2.20 bits per heavy atom. The second kappa shape index (κ2) is 6.32. The third kappa shape index (κ3) is 3.41. The molecule has 0 fully saturated rings. The minimum absolute atomic E-state index is 0.0503. The molecule has 0 saturated carbocycles. The van der Waals surface area contributed by atoms with Gasteiger partial charge in [-0.2, -0.15) is 5.10 Å². The zero-order chi connectivity index (χ0) is 18.2. The maximum atomic E-state index is 11.7. The number of benzene rings is 2. The summed E-state index contributed by atoms with van der Waals surface area (Å²) in [7, 11) is -3.83. The third-order valence-corrected chi connectivity index (χ3v) is 4.72. The van der Waals surface area contributed by atoms with Crippen LogP contribution in [0.4, 0.5) is 0 Å². The summed E-state index contributed by atoms with van der Waals surface area (Å²) in [6, 6.07) is 12.2. The van der Waals surface area contributed by atoms with E-state index in [1.165, 1.54) is 35.1 Å². The van der Waals surface area contributed by atoms with E-state index in [1.54, 1.807) is 24.3 Å². The quantitative estimate of drug-likeness (QED) is 0.724. The number of carbonyl (C=O) groups is 1. The highest BCUT2D eigenvalue weighted by atomic mass is 35.5. The zero-order valence-electron chi connectivity index (χ0n) is 12.6. The summed E-state index contributed by atoms with van der Waals surface area (Å²) in [5, 5.41) is 19.3. The maximum absolute atomic E-state index is 11.7. The van der Waals surface area contributed by atoms with E-state index in [4.69, 9.17) is 16.7 Å². The highest BCUT2D eigenvalue weighted by Crippen LogP contribution is 2.27. The number of carboxylic acids is 1. The Balaban J connectivity index is 2.11. The summed E-state index contributed by atoms with van der Waals surface area (Å²) in [6.45, 7) is 0. The predicted molar refractivity (Wildman–Crippen MR) is 92.3 cm³/mol. The number of nitrogens with zero attached hydrogens (tertiary/aromatic N) is 2. The summed E-state index contributed by atoms with van der Waals surface area (Å²) < 4.78 is 23.9. The maximum Gasteiger partial charge on any atom is 0.355 e. The van der Waals surface area contributed by atoms with Crippen molar-refractivity contribution in [2.75, 3.05) is 0 Å². The van der Waals surface area contributed by atoms with Gasteiger partial charge in [-0.05, 0) is 42.0 Å². The average Bonchev–Trinajstić information content (AvgIpc) is 3.00. The standard InChI is InChI=1S/C16H12ClN3O4S/c17-11-3-1-10(2-4-11)14-9-19-20(15(14)16(21)22)12-5-7-13(8-6-12)25(18,23)24/h1-9H,(H,21,22)(H2,18,23,24). The van der Waals surface area contributed by atoms with Crippen LogP contribution in [-0.4, -0.2) is 29.3 Å². The molecule has 0 aliphatic rings. The highest BCUT2D eigenvalue weighted by molar-refractivity contribution is 7.89.